The van der Waals surface area contributed by atoms with Crippen LogP contribution in [0.2, 0.25) is 0 Å². The first-order valence-electron chi connectivity index (χ1n) is 4.50. The zero-order valence-electron chi connectivity index (χ0n) is 8.25. The summed E-state index contributed by atoms with van der Waals surface area (Å²) in [5.41, 5.74) is -1.54. The van der Waals surface area contributed by atoms with E-state index in [2.05, 4.69) is 0 Å². The summed E-state index contributed by atoms with van der Waals surface area (Å²) in [6.07, 6.45) is 0.264. The Morgan fingerprint density at radius 2 is 2.07 bits per heavy atom. The highest BCUT2D eigenvalue weighted by Gasteiger charge is 2.30. The standard InChI is InChI=1S/C11H13FO2/c1-3-11(2,14)10(13)8-6-4-5-7-9(8)12/h4-7,14H,3H2,1-2H3. The van der Waals surface area contributed by atoms with Gasteiger partial charge in [0.1, 0.15) is 11.4 Å². The molecule has 14 heavy (non-hydrogen) atoms. The Hall–Kier alpha value is -1.22. The minimum atomic E-state index is -1.48. The van der Waals surface area contributed by atoms with Crippen LogP contribution < -0.4 is 0 Å². The van der Waals surface area contributed by atoms with Crippen LogP contribution in [0.25, 0.3) is 0 Å². The summed E-state index contributed by atoms with van der Waals surface area (Å²) in [6.45, 7) is 3.07. The van der Waals surface area contributed by atoms with E-state index in [-0.39, 0.29) is 12.0 Å². The van der Waals surface area contributed by atoms with Crippen molar-refractivity contribution in [1.29, 1.82) is 0 Å². The van der Waals surface area contributed by atoms with E-state index in [1.165, 1.54) is 25.1 Å². The number of aliphatic hydroxyl groups is 1. The zero-order valence-corrected chi connectivity index (χ0v) is 8.25. The van der Waals surface area contributed by atoms with Gasteiger partial charge in [-0.15, -0.1) is 0 Å². The van der Waals surface area contributed by atoms with E-state index in [1.807, 2.05) is 0 Å². The van der Waals surface area contributed by atoms with Crippen LogP contribution in [-0.4, -0.2) is 16.5 Å². The molecule has 0 radical (unpaired) electrons. The van der Waals surface area contributed by atoms with E-state index in [0.717, 1.165) is 0 Å². The van der Waals surface area contributed by atoms with Gasteiger partial charge in [-0.25, -0.2) is 4.39 Å². The summed E-state index contributed by atoms with van der Waals surface area (Å²) < 4.78 is 13.2. The first kappa shape index (κ1) is 10.9. The fourth-order valence-corrected chi connectivity index (χ4v) is 1.10. The molecule has 0 spiro atoms. The van der Waals surface area contributed by atoms with Crippen LogP contribution in [0.15, 0.2) is 24.3 Å². The van der Waals surface area contributed by atoms with Crippen molar-refractivity contribution in [3.63, 3.8) is 0 Å². The summed E-state index contributed by atoms with van der Waals surface area (Å²) >= 11 is 0. The van der Waals surface area contributed by atoms with E-state index >= 15 is 0 Å². The number of Topliss-reactive ketones (excluding diaryl/α,β-unsaturated/α-hetero) is 1. The zero-order chi connectivity index (χ0) is 10.8. The molecule has 1 N–H and O–H groups in total. The van der Waals surface area contributed by atoms with E-state index in [1.54, 1.807) is 13.0 Å². The molecule has 0 aromatic heterocycles. The SMILES string of the molecule is CCC(C)(O)C(=O)c1ccccc1F. The molecule has 3 heteroatoms. The lowest BCUT2D eigenvalue weighted by atomic mass is 9.92. The number of hydrogen-bond donors (Lipinski definition) is 1. The van der Waals surface area contributed by atoms with Crippen molar-refractivity contribution in [2.45, 2.75) is 25.9 Å². The van der Waals surface area contributed by atoms with Crippen molar-refractivity contribution >= 4 is 5.78 Å². The molecule has 0 amide bonds. The number of ketones is 1. The second-order valence-electron chi connectivity index (χ2n) is 3.44. The molecule has 1 aromatic rings. The topological polar surface area (TPSA) is 37.3 Å². The van der Waals surface area contributed by atoms with Crippen molar-refractivity contribution in [3.05, 3.63) is 35.6 Å². The Morgan fingerprint density at radius 1 is 1.50 bits per heavy atom. The minimum absolute atomic E-state index is 0.0562. The van der Waals surface area contributed by atoms with Gasteiger partial charge in [0.2, 0.25) is 0 Å². The van der Waals surface area contributed by atoms with Crippen molar-refractivity contribution < 1.29 is 14.3 Å². The summed E-state index contributed by atoms with van der Waals surface area (Å²) in [5.74, 6) is -1.16. The number of rotatable bonds is 3. The predicted octanol–water partition coefficient (Wildman–Crippen LogP) is 2.17. The number of carbonyl (C=O) groups excluding carboxylic acids is 1. The smallest absolute Gasteiger partial charge is 0.196 e. The maximum atomic E-state index is 13.2. The van der Waals surface area contributed by atoms with Crippen LogP contribution >= 0.6 is 0 Å². The molecule has 1 unspecified atom stereocenters. The van der Waals surface area contributed by atoms with E-state index in [0.29, 0.717) is 0 Å². The van der Waals surface area contributed by atoms with Crippen molar-refractivity contribution in [1.82, 2.24) is 0 Å². The third-order valence-electron chi connectivity index (χ3n) is 2.30. The molecule has 2 nitrogen and oxygen atoms in total. The molecular formula is C11H13FO2. The highest BCUT2D eigenvalue weighted by atomic mass is 19.1. The minimum Gasteiger partial charge on any atom is -0.382 e. The van der Waals surface area contributed by atoms with Gasteiger partial charge in [0.25, 0.3) is 0 Å². The molecule has 0 fully saturated rings. The molecule has 0 saturated heterocycles. The summed E-state index contributed by atoms with van der Waals surface area (Å²) in [5, 5.41) is 9.65. The molecule has 1 atom stereocenters. The third-order valence-corrected chi connectivity index (χ3v) is 2.30. The molecular weight excluding hydrogens is 183 g/mol. The van der Waals surface area contributed by atoms with E-state index in [9.17, 15) is 14.3 Å². The van der Waals surface area contributed by atoms with Crippen LogP contribution in [-0.2, 0) is 0 Å². The Kier molecular flexibility index (Phi) is 3.01. The van der Waals surface area contributed by atoms with Crippen LogP contribution in [0, 0.1) is 5.82 Å². The molecule has 0 aliphatic rings. The molecule has 0 saturated carbocycles. The van der Waals surface area contributed by atoms with Crippen LogP contribution in [0.3, 0.4) is 0 Å². The molecule has 0 aliphatic carbocycles. The highest BCUT2D eigenvalue weighted by molar-refractivity contribution is 6.02. The van der Waals surface area contributed by atoms with E-state index < -0.39 is 17.2 Å². The van der Waals surface area contributed by atoms with Crippen LogP contribution in [0.4, 0.5) is 4.39 Å². The van der Waals surface area contributed by atoms with Gasteiger partial charge >= 0.3 is 0 Å². The van der Waals surface area contributed by atoms with Gasteiger partial charge in [-0.2, -0.15) is 0 Å². The van der Waals surface area contributed by atoms with Gasteiger partial charge in [-0.3, -0.25) is 4.79 Å². The number of benzene rings is 1. The molecule has 0 heterocycles. The number of carbonyl (C=O) groups is 1. The maximum absolute atomic E-state index is 13.2. The number of halogens is 1. The monoisotopic (exact) mass is 196 g/mol. The Morgan fingerprint density at radius 3 is 2.57 bits per heavy atom. The molecule has 1 aromatic carbocycles. The summed E-state index contributed by atoms with van der Waals surface area (Å²) in [7, 11) is 0. The summed E-state index contributed by atoms with van der Waals surface area (Å²) in [6, 6.07) is 5.66. The quantitative estimate of drug-likeness (QED) is 0.752. The molecule has 1 rings (SSSR count). The van der Waals surface area contributed by atoms with Crippen LogP contribution in [0.1, 0.15) is 30.6 Å². The maximum Gasteiger partial charge on any atom is 0.196 e. The lowest BCUT2D eigenvalue weighted by Gasteiger charge is -2.19. The Balaban J connectivity index is 3.07. The normalized spacial score (nSPS) is 14.9. The van der Waals surface area contributed by atoms with Crippen molar-refractivity contribution in [3.8, 4) is 0 Å². The average Bonchev–Trinajstić information content (AvgIpc) is 2.17. The highest BCUT2D eigenvalue weighted by Crippen LogP contribution is 2.18. The first-order chi connectivity index (χ1) is 6.49. The first-order valence-corrected chi connectivity index (χ1v) is 4.50. The third kappa shape index (κ3) is 1.99. The molecule has 76 valence electrons. The largest absolute Gasteiger partial charge is 0.382 e. The van der Waals surface area contributed by atoms with Gasteiger partial charge in [-0.1, -0.05) is 19.1 Å². The van der Waals surface area contributed by atoms with Gasteiger partial charge in [-0.05, 0) is 25.5 Å². The van der Waals surface area contributed by atoms with Gasteiger partial charge < -0.3 is 5.11 Å². The van der Waals surface area contributed by atoms with Gasteiger partial charge in [0.15, 0.2) is 5.78 Å². The van der Waals surface area contributed by atoms with Gasteiger partial charge in [0.05, 0.1) is 5.56 Å². The van der Waals surface area contributed by atoms with Gasteiger partial charge in [0, 0.05) is 0 Å². The van der Waals surface area contributed by atoms with Crippen molar-refractivity contribution in [2.24, 2.45) is 0 Å². The predicted molar refractivity (Wildman–Crippen MR) is 51.6 cm³/mol. The Labute approximate surface area is 82.4 Å². The van der Waals surface area contributed by atoms with Crippen molar-refractivity contribution in [2.75, 3.05) is 0 Å². The fourth-order valence-electron chi connectivity index (χ4n) is 1.10. The lowest BCUT2D eigenvalue weighted by Crippen LogP contribution is -2.34. The Bertz CT molecular complexity index is 345. The number of hydrogen-bond acceptors (Lipinski definition) is 2. The second kappa shape index (κ2) is 3.88. The van der Waals surface area contributed by atoms with E-state index in [4.69, 9.17) is 0 Å². The second-order valence-corrected chi connectivity index (χ2v) is 3.44. The fraction of sp³-hybridized carbons (Fsp3) is 0.364. The molecule has 0 aliphatic heterocycles. The lowest BCUT2D eigenvalue weighted by molar-refractivity contribution is 0.0386. The molecule has 0 bridgehead atoms. The van der Waals surface area contributed by atoms with Crippen LogP contribution in [0.5, 0.6) is 0 Å². The summed E-state index contributed by atoms with van der Waals surface area (Å²) in [4.78, 5) is 11.6. The average molecular weight is 196 g/mol.